The van der Waals surface area contributed by atoms with Crippen molar-refractivity contribution in [3.05, 3.63) is 437 Å². The number of hydrogen-bond donors (Lipinski definition) is 0. The molecule has 0 radical (unpaired) electrons. The van der Waals surface area contributed by atoms with Gasteiger partial charge in [0, 0.05) is 108 Å². The van der Waals surface area contributed by atoms with E-state index in [2.05, 4.69) is 456 Å². The molecule has 12 heterocycles. The van der Waals surface area contributed by atoms with Crippen molar-refractivity contribution >= 4 is 265 Å². The summed E-state index contributed by atoms with van der Waals surface area (Å²) in [6.07, 6.45) is 0. The molecule has 32 rings (SSSR count). The lowest BCUT2D eigenvalue weighted by atomic mass is 9.35. The molecule has 8 nitrogen and oxygen atoms in total. The monoisotopic (exact) mass is 1860 g/mol. The normalized spacial score (nSPS) is 15.1. The molecule has 640 valence electrons. The molecule has 0 aromatic heterocycles. The van der Waals surface area contributed by atoms with Crippen LogP contribution in [0.4, 0.5) is 68.2 Å². The van der Waals surface area contributed by atoms with E-state index >= 15 is 0 Å². The minimum atomic E-state index is -3.04. The summed E-state index contributed by atoms with van der Waals surface area (Å²) in [6, 6.07) is 163. The van der Waals surface area contributed by atoms with Gasteiger partial charge in [-0.25, -0.2) is 0 Å². The predicted octanol–water partition coefficient (Wildman–Crippen LogP) is 17.6. The molecule has 0 aliphatic carbocycles. The number of fused-ring (bicyclic) bond motifs is 32. The first kappa shape index (κ1) is 78.1. The van der Waals surface area contributed by atoms with E-state index in [1.54, 1.807) is 0 Å². The molecule has 20 aromatic carbocycles. The number of benzene rings is 20. The molecule has 0 saturated carbocycles. The molecule has 0 bridgehead atoms. The number of hydrogen-bond acceptors (Lipinski definition) is 12. The van der Waals surface area contributed by atoms with Crippen molar-refractivity contribution in [3.63, 3.8) is 0 Å². The first-order valence-electron chi connectivity index (χ1n) is 47.3. The molecule has 138 heavy (non-hydrogen) atoms. The summed E-state index contributed by atoms with van der Waals surface area (Å²) in [5.74, 6) is 7.45. The van der Waals surface area contributed by atoms with E-state index in [-0.39, 0.29) is 26.9 Å². The Hall–Kier alpha value is -15.1. The minimum Gasteiger partial charge on any atom is -0.458 e. The van der Waals surface area contributed by atoms with E-state index in [0.29, 0.717) is 0 Å². The third-order valence-electron chi connectivity index (χ3n) is 30.6. The summed E-state index contributed by atoms with van der Waals surface area (Å²) in [5, 5.41) is 11.0. The van der Waals surface area contributed by atoms with Crippen molar-refractivity contribution in [3.8, 4) is 46.0 Å². The van der Waals surface area contributed by atoms with Crippen molar-refractivity contribution in [2.24, 2.45) is 0 Å². The highest BCUT2D eigenvalue weighted by molar-refractivity contribution is 8.01. The van der Waals surface area contributed by atoms with Gasteiger partial charge in [0.2, 0.25) is 0 Å². The third-order valence-corrected chi connectivity index (χ3v) is 45.1. The van der Waals surface area contributed by atoms with Crippen LogP contribution in [0.15, 0.2) is 476 Å². The van der Waals surface area contributed by atoms with Crippen molar-refractivity contribution in [2.45, 2.75) is 39.2 Å². The lowest BCUT2D eigenvalue weighted by molar-refractivity contribution is 0.486. The highest BCUT2D eigenvalue weighted by Crippen LogP contribution is 2.52. The van der Waals surface area contributed by atoms with E-state index in [9.17, 15) is 0 Å². The molecule has 20 aromatic rings. The average Bonchev–Trinajstić information content (AvgIpc) is 0.674. The zero-order valence-electron chi connectivity index (χ0n) is 73.9. The van der Waals surface area contributed by atoms with Crippen LogP contribution in [0.25, 0.3) is 0 Å². The lowest BCUT2D eigenvalue weighted by Crippen LogP contribution is -2.79. The Morgan fingerprint density at radius 1 is 0.159 bits per heavy atom. The van der Waals surface area contributed by atoms with Crippen molar-refractivity contribution < 1.29 is 18.9 Å². The maximum absolute atomic E-state index is 6.95. The Morgan fingerprint density at radius 2 is 0.384 bits per heavy atom. The van der Waals surface area contributed by atoms with Gasteiger partial charge in [-0.05, 0) is 261 Å². The fraction of sp³-hybridized carbons (Fsp3) is 0. The van der Waals surface area contributed by atoms with Gasteiger partial charge >= 0.3 is 0 Å². The summed E-state index contributed by atoms with van der Waals surface area (Å²) in [4.78, 5) is 20.3. The summed E-state index contributed by atoms with van der Waals surface area (Å²) in [6.45, 7) is 0.300. The standard InChI is InChI=1S/2C60H36B2N2O2S2Si/c1-8-23-47-39(16-1)61-40-17-2-10-26-52(40)68-54-36-38(35-50(66-47)60(54)61)64-45-21-6-13-30-57(45)69(58-31-14-7-22-46(58)64)55-28-11-4-19-43(55)63(44-20-5-12-29-56(44)69)37-32-33-48-42(34-37)62-41-18-3-9-25-51(41)67-53-27-15-24-49(65-48)59(53)62;1-7-23-51-39(15-1)61-41-35-37(31-33-47(41)65-49-21-13-25-53(67-51)59(49)61)63-43-17-3-9-27-55(43)69(56-28-10-4-18-44(56)63)57-29-11-5-19-45(57)64(46-20-6-12-30-58(46)69)38-32-34-48-42(36-38)62-40-16-2-8-24-52(40)68-54-26-14-22-50(66-48)60(54)62/h2*1-36H. The second-order valence-electron chi connectivity index (χ2n) is 37.2. The molecule has 12 aliphatic rings. The first-order valence-corrected chi connectivity index (χ1v) is 54.5. The van der Waals surface area contributed by atoms with Crippen LogP contribution in [0.5, 0.6) is 46.0 Å². The van der Waals surface area contributed by atoms with Crippen LogP contribution in [0.3, 0.4) is 0 Å². The number of rotatable bonds is 4. The van der Waals surface area contributed by atoms with Crippen molar-refractivity contribution in [1.29, 1.82) is 0 Å². The molecule has 0 atom stereocenters. The van der Waals surface area contributed by atoms with Crippen LogP contribution in [-0.4, -0.2) is 43.0 Å². The van der Waals surface area contributed by atoms with Crippen molar-refractivity contribution in [2.75, 3.05) is 19.6 Å². The van der Waals surface area contributed by atoms with Gasteiger partial charge in [-0.1, -0.05) is 324 Å². The van der Waals surface area contributed by atoms with Gasteiger partial charge in [0.25, 0.3) is 26.9 Å². The Balaban J connectivity index is 0.000000128. The maximum atomic E-state index is 6.95. The van der Waals surface area contributed by atoms with Gasteiger partial charge in [-0.15, -0.1) is 0 Å². The Morgan fingerprint density at radius 3 is 0.703 bits per heavy atom. The maximum Gasteiger partial charge on any atom is 0.253 e. The topological polar surface area (TPSA) is 49.9 Å². The molecule has 0 unspecified atom stereocenters. The first-order chi connectivity index (χ1) is 68.4. The van der Waals surface area contributed by atoms with Crippen molar-refractivity contribution in [1.82, 2.24) is 0 Å². The van der Waals surface area contributed by atoms with E-state index in [1.807, 2.05) is 47.0 Å². The molecule has 0 fully saturated rings. The fourth-order valence-corrected chi connectivity index (χ4v) is 40.9. The Labute approximate surface area is 818 Å². The SMILES string of the molecule is c1ccc2c(c1)Oc1cc(N3c4ccccc4[Si]4(c5ccccc53)c3ccccc3N(c3ccc5c(c3)B3c6ccccc6Sc6cccc(c63)O5)c3ccccc34)cc3c1B2c1ccccc1S3.c1ccc2c(c1)Sc1cccc3c1B2c1cc(N2c4ccccc4[Si]4(c5ccccc52)c2ccccc2N(c2ccc5c(c2)B2c6ccccc6Sc6cccc(c62)O5)c2ccccc24)ccc1O3. The zero-order chi connectivity index (χ0) is 89.9. The summed E-state index contributed by atoms with van der Waals surface area (Å²) in [5.41, 5.74) is 29.4. The van der Waals surface area contributed by atoms with Gasteiger partial charge in [0.15, 0.2) is 16.1 Å². The summed E-state index contributed by atoms with van der Waals surface area (Å²) >= 11 is 7.40. The van der Waals surface area contributed by atoms with E-state index in [0.717, 1.165) is 68.7 Å². The van der Waals surface area contributed by atoms with Gasteiger partial charge in [-0.3, -0.25) is 0 Å². The van der Waals surface area contributed by atoms with Crippen LogP contribution >= 0.6 is 47.0 Å². The van der Waals surface area contributed by atoms with Crippen LogP contribution in [0.2, 0.25) is 0 Å². The molecular weight excluding hydrogens is 1790 g/mol. The number of ether oxygens (including phenoxy) is 4. The third kappa shape index (κ3) is 10.8. The van der Waals surface area contributed by atoms with Gasteiger partial charge < -0.3 is 38.5 Å². The van der Waals surface area contributed by atoms with Gasteiger partial charge in [0.05, 0.1) is 5.69 Å². The van der Waals surface area contributed by atoms with Crippen LogP contribution in [0.1, 0.15) is 0 Å². The molecule has 0 amide bonds. The second kappa shape index (κ2) is 29.7. The van der Waals surface area contributed by atoms with Crippen LogP contribution < -0.4 is 146 Å². The van der Waals surface area contributed by atoms with Gasteiger partial charge in [-0.2, -0.15) is 0 Å². The highest BCUT2D eigenvalue weighted by Gasteiger charge is 2.58. The Kier molecular flexibility index (Phi) is 16.8. The van der Waals surface area contributed by atoms with E-state index in [4.69, 9.17) is 18.9 Å². The fourth-order valence-electron chi connectivity index (χ4n) is 25.3. The molecule has 2 spiro atoms. The largest absolute Gasteiger partial charge is 0.458 e. The number of nitrogens with zero attached hydrogens (tertiary/aromatic N) is 4. The summed E-state index contributed by atoms with van der Waals surface area (Å²) in [7, 11) is -6.06. The van der Waals surface area contributed by atoms with Crippen LogP contribution in [-0.2, 0) is 0 Å². The van der Waals surface area contributed by atoms with Gasteiger partial charge in [0.1, 0.15) is 46.0 Å². The quantitative estimate of drug-likeness (QED) is 0.158. The van der Waals surface area contributed by atoms with E-state index < -0.39 is 16.1 Å². The zero-order valence-corrected chi connectivity index (χ0v) is 79.2. The predicted molar refractivity (Wildman–Crippen MR) is 580 cm³/mol. The molecule has 0 saturated heterocycles. The van der Waals surface area contributed by atoms with Crippen LogP contribution in [0, 0.1) is 0 Å². The highest BCUT2D eigenvalue weighted by atomic mass is 32.2. The molecule has 12 aliphatic heterocycles. The minimum absolute atomic E-state index is 0.0636. The smallest absolute Gasteiger partial charge is 0.253 e. The second-order valence-corrected chi connectivity index (χ2v) is 48.9. The van der Waals surface area contributed by atoms with E-state index in [1.165, 1.54) is 192 Å². The summed E-state index contributed by atoms with van der Waals surface area (Å²) < 4.78 is 27.3. The molecule has 0 N–H and O–H groups in total. The average molecular weight is 1860 g/mol. The number of para-hydroxylation sites is 9. The lowest BCUT2D eigenvalue weighted by Gasteiger charge is -2.50. The molecular formula is C120H72B4N4O4S4Si2. The Bertz CT molecular complexity index is 8250. The number of anilines is 12. The molecule has 18 heteroatoms.